The van der Waals surface area contributed by atoms with Crippen molar-refractivity contribution in [2.45, 2.75) is 19.8 Å². The van der Waals surface area contributed by atoms with Gasteiger partial charge in [-0.2, -0.15) is 5.10 Å². The first kappa shape index (κ1) is 15.6. The molecule has 0 fully saturated rings. The molecule has 0 spiro atoms. The minimum atomic E-state index is -0.243. The van der Waals surface area contributed by atoms with E-state index in [1.165, 1.54) is 17.4 Å². The molecule has 0 aliphatic heterocycles. The summed E-state index contributed by atoms with van der Waals surface area (Å²) in [6.45, 7) is 2.24. The number of fused-ring (bicyclic) bond motifs is 1. The molecule has 2 aromatic rings. The van der Waals surface area contributed by atoms with Crippen LogP contribution in [0.15, 0.2) is 28.7 Å². The topological polar surface area (TPSA) is 50.7 Å². The van der Waals surface area contributed by atoms with Gasteiger partial charge in [0.2, 0.25) is 5.91 Å². The Morgan fingerprint density at radius 1 is 1.48 bits per heavy atom. The lowest BCUT2D eigenvalue weighted by molar-refractivity contribution is -0.120. The van der Waals surface area contributed by atoms with E-state index in [4.69, 9.17) is 4.74 Å². The van der Waals surface area contributed by atoms with Crippen LogP contribution in [-0.2, 0) is 9.53 Å². The fraction of sp³-hybridized carbons (Fsp3) is 0.333. The number of hydrogen-bond acceptors (Lipinski definition) is 4. The summed E-state index contributed by atoms with van der Waals surface area (Å²) in [7, 11) is 1.60. The molecule has 112 valence electrons. The number of nitrogens with zero attached hydrogens (tertiary/aromatic N) is 1. The Bertz CT molecular complexity index is 667. The van der Waals surface area contributed by atoms with Gasteiger partial charge in [-0.25, -0.2) is 9.82 Å². The molecule has 1 N–H and O–H groups in total. The predicted octanol–water partition coefficient (Wildman–Crippen LogP) is 3.31. The molecule has 0 aliphatic carbocycles. The molecule has 1 amide bonds. The Balaban J connectivity index is 2.38. The zero-order chi connectivity index (χ0) is 15.2. The van der Waals surface area contributed by atoms with Crippen LogP contribution in [0.2, 0.25) is 0 Å². The Labute approximate surface area is 126 Å². The third kappa shape index (κ3) is 3.65. The number of nitrogens with one attached hydrogen (secondary N) is 1. The lowest BCUT2D eigenvalue weighted by atomic mass is 10.1. The molecule has 0 radical (unpaired) electrons. The summed E-state index contributed by atoms with van der Waals surface area (Å²) >= 11 is 1.33. The summed E-state index contributed by atoms with van der Waals surface area (Å²) < 4.78 is 19.4. The SMILES string of the molecule is CCC(=O)NN=C(CCOC)c1csc2c(F)cccc12. The average Bonchev–Trinajstić information content (AvgIpc) is 2.92. The van der Waals surface area contributed by atoms with Gasteiger partial charge >= 0.3 is 0 Å². The summed E-state index contributed by atoms with van der Waals surface area (Å²) in [4.78, 5) is 11.4. The molecule has 0 aliphatic rings. The Hall–Kier alpha value is -1.79. The van der Waals surface area contributed by atoms with Gasteiger partial charge in [0.25, 0.3) is 0 Å². The number of hydrogen-bond donors (Lipinski definition) is 1. The molecule has 4 nitrogen and oxygen atoms in total. The second-order valence-electron chi connectivity index (χ2n) is 4.46. The average molecular weight is 308 g/mol. The number of ether oxygens (including phenoxy) is 1. The first-order valence-electron chi connectivity index (χ1n) is 6.67. The van der Waals surface area contributed by atoms with Crippen molar-refractivity contribution >= 4 is 33.0 Å². The van der Waals surface area contributed by atoms with Gasteiger partial charge in [0.15, 0.2) is 0 Å². The van der Waals surface area contributed by atoms with Crippen LogP contribution < -0.4 is 5.43 Å². The van der Waals surface area contributed by atoms with E-state index in [2.05, 4.69) is 10.5 Å². The standard InChI is InChI=1S/C15H17FN2O2S/c1-3-14(19)18-17-13(7-8-20-2)11-9-21-15-10(11)5-4-6-12(15)16/h4-6,9H,3,7-8H2,1-2H3,(H,18,19). The molecule has 0 saturated heterocycles. The number of methoxy groups -OCH3 is 1. The van der Waals surface area contributed by atoms with Crippen LogP contribution in [0.3, 0.4) is 0 Å². The van der Waals surface area contributed by atoms with Crippen molar-refractivity contribution in [1.29, 1.82) is 0 Å². The minimum Gasteiger partial charge on any atom is -0.384 e. The van der Waals surface area contributed by atoms with Gasteiger partial charge in [-0.05, 0) is 6.07 Å². The molecule has 1 aromatic heterocycles. The first-order chi connectivity index (χ1) is 10.2. The molecule has 1 aromatic carbocycles. The van der Waals surface area contributed by atoms with Gasteiger partial charge < -0.3 is 4.74 Å². The molecule has 0 saturated carbocycles. The van der Waals surface area contributed by atoms with Crippen molar-refractivity contribution in [1.82, 2.24) is 5.43 Å². The predicted molar refractivity (Wildman–Crippen MR) is 83.2 cm³/mol. The number of hydrazone groups is 1. The Kier molecular flexibility index (Phi) is 5.41. The monoisotopic (exact) mass is 308 g/mol. The van der Waals surface area contributed by atoms with Gasteiger partial charge in [-0.15, -0.1) is 11.3 Å². The van der Waals surface area contributed by atoms with Crippen molar-refractivity contribution in [2.24, 2.45) is 5.10 Å². The number of halogens is 1. The summed E-state index contributed by atoms with van der Waals surface area (Å²) in [6.07, 6.45) is 0.906. The maximum Gasteiger partial charge on any atom is 0.239 e. The Morgan fingerprint density at radius 2 is 2.29 bits per heavy atom. The fourth-order valence-electron chi connectivity index (χ4n) is 1.90. The van der Waals surface area contributed by atoms with Crippen LogP contribution in [0, 0.1) is 5.82 Å². The highest BCUT2D eigenvalue weighted by molar-refractivity contribution is 7.17. The highest BCUT2D eigenvalue weighted by atomic mass is 32.1. The third-order valence-corrected chi connectivity index (χ3v) is 4.05. The lowest BCUT2D eigenvalue weighted by Gasteiger charge is -2.06. The van der Waals surface area contributed by atoms with Crippen molar-refractivity contribution in [2.75, 3.05) is 13.7 Å². The van der Waals surface area contributed by atoms with Crippen LogP contribution in [0.4, 0.5) is 4.39 Å². The molecule has 21 heavy (non-hydrogen) atoms. The molecule has 6 heteroatoms. The van der Waals surface area contributed by atoms with Crippen LogP contribution in [0.5, 0.6) is 0 Å². The minimum absolute atomic E-state index is 0.157. The second-order valence-corrected chi connectivity index (χ2v) is 5.34. The molecule has 0 bridgehead atoms. The van der Waals surface area contributed by atoms with E-state index < -0.39 is 0 Å². The summed E-state index contributed by atoms with van der Waals surface area (Å²) in [6, 6.07) is 4.97. The van der Waals surface area contributed by atoms with E-state index in [1.807, 2.05) is 11.4 Å². The number of amides is 1. The van der Waals surface area contributed by atoms with Crippen LogP contribution in [0.1, 0.15) is 25.3 Å². The smallest absolute Gasteiger partial charge is 0.239 e. The summed E-state index contributed by atoms with van der Waals surface area (Å²) in [5.74, 6) is -0.400. The van der Waals surface area contributed by atoms with Crippen molar-refractivity contribution in [3.8, 4) is 0 Å². The van der Waals surface area contributed by atoms with E-state index >= 15 is 0 Å². The maximum atomic E-state index is 13.8. The first-order valence-corrected chi connectivity index (χ1v) is 7.55. The van der Waals surface area contributed by atoms with Crippen molar-refractivity contribution < 1.29 is 13.9 Å². The molecule has 0 atom stereocenters. The van der Waals surface area contributed by atoms with Gasteiger partial charge in [-0.1, -0.05) is 19.1 Å². The van der Waals surface area contributed by atoms with Crippen LogP contribution in [-0.4, -0.2) is 25.3 Å². The van der Waals surface area contributed by atoms with E-state index in [0.29, 0.717) is 29.9 Å². The zero-order valence-corrected chi connectivity index (χ0v) is 12.8. The molecule has 1 heterocycles. The summed E-state index contributed by atoms with van der Waals surface area (Å²) in [5, 5.41) is 6.84. The van der Waals surface area contributed by atoms with Crippen LogP contribution in [0.25, 0.3) is 10.1 Å². The van der Waals surface area contributed by atoms with E-state index in [9.17, 15) is 9.18 Å². The number of benzene rings is 1. The Morgan fingerprint density at radius 3 is 3.00 bits per heavy atom. The van der Waals surface area contributed by atoms with Crippen molar-refractivity contribution in [3.05, 3.63) is 35.0 Å². The highest BCUT2D eigenvalue weighted by Crippen LogP contribution is 2.29. The lowest BCUT2D eigenvalue weighted by Crippen LogP contribution is -2.19. The normalized spacial score (nSPS) is 11.9. The molecular formula is C15H17FN2O2S. The highest BCUT2D eigenvalue weighted by Gasteiger charge is 2.13. The van der Waals surface area contributed by atoms with Gasteiger partial charge in [-0.3, -0.25) is 4.79 Å². The van der Waals surface area contributed by atoms with E-state index in [-0.39, 0.29) is 11.7 Å². The second kappa shape index (κ2) is 7.28. The maximum absolute atomic E-state index is 13.8. The van der Waals surface area contributed by atoms with Gasteiger partial charge in [0.1, 0.15) is 5.82 Å². The van der Waals surface area contributed by atoms with Crippen LogP contribution >= 0.6 is 11.3 Å². The number of carbonyl (C=O) groups excluding carboxylic acids is 1. The largest absolute Gasteiger partial charge is 0.384 e. The third-order valence-electron chi connectivity index (χ3n) is 3.04. The number of thiophene rings is 1. The molecular weight excluding hydrogens is 291 g/mol. The fourth-order valence-corrected chi connectivity index (χ4v) is 2.89. The quantitative estimate of drug-likeness (QED) is 0.657. The van der Waals surface area contributed by atoms with Gasteiger partial charge in [0.05, 0.1) is 17.0 Å². The van der Waals surface area contributed by atoms with Gasteiger partial charge in [0, 0.05) is 36.3 Å². The zero-order valence-electron chi connectivity index (χ0n) is 12.0. The molecule has 0 unspecified atom stereocenters. The number of rotatable bonds is 6. The van der Waals surface area contributed by atoms with Crippen molar-refractivity contribution in [3.63, 3.8) is 0 Å². The molecule has 2 rings (SSSR count). The summed E-state index contributed by atoms with van der Waals surface area (Å²) in [5.41, 5.74) is 4.04. The van der Waals surface area contributed by atoms with E-state index in [0.717, 1.165) is 10.9 Å². The van der Waals surface area contributed by atoms with E-state index in [1.54, 1.807) is 20.1 Å². The number of carbonyl (C=O) groups is 1.